The predicted octanol–water partition coefficient (Wildman–Crippen LogP) is 2.84. The van der Waals surface area contributed by atoms with Gasteiger partial charge in [0, 0.05) is 18.0 Å². The van der Waals surface area contributed by atoms with Gasteiger partial charge >= 0.3 is 0 Å². The maximum atomic E-state index is 12.0. The van der Waals surface area contributed by atoms with Crippen LogP contribution >= 0.6 is 0 Å². The lowest BCUT2D eigenvalue weighted by Crippen LogP contribution is -2.06. The van der Waals surface area contributed by atoms with E-state index in [1.165, 1.54) is 6.07 Å². The van der Waals surface area contributed by atoms with Crippen molar-refractivity contribution < 1.29 is 4.74 Å². The second-order valence-electron chi connectivity index (χ2n) is 4.56. The molecule has 96 valence electrons. The van der Waals surface area contributed by atoms with E-state index in [1.54, 1.807) is 6.20 Å². The largest absolute Gasteiger partial charge is 0.441 e. The van der Waals surface area contributed by atoms with Crippen molar-refractivity contribution in [2.24, 2.45) is 0 Å². The van der Waals surface area contributed by atoms with Gasteiger partial charge in [0.05, 0.1) is 10.9 Å². The first-order valence-corrected chi connectivity index (χ1v) is 6.26. The molecule has 0 atom stereocenters. The normalized spacial score (nSPS) is 14.5. The molecule has 19 heavy (non-hydrogen) atoms. The maximum absolute atomic E-state index is 12.0. The number of allylic oxidation sites excluding steroid dienone is 3. The number of aromatic nitrogens is 2. The number of pyridine rings is 2. The third-order valence-corrected chi connectivity index (χ3v) is 3.01. The van der Waals surface area contributed by atoms with Crippen molar-refractivity contribution >= 4 is 10.9 Å². The molecule has 2 aromatic rings. The zero-order valence-electron chi connectivity index (χ0n) is 10.6. The lowest BCUT2D eigenvalue weighted by Gasteiger charge is -2.10. The van der Waals surface area contributed by atoms with Crippen LogP contribution in [0.4, 0.5) is 0 Å². The molecular weight excluding hydrogens is 240 g/mol. The van der Waals surface area contributed by atoms with E-state index in [2.05, 4.69) is 16.0 Å². The van der Waals surface area contributed by atoms with Crippen LogP contribution in [-0.2, 0) is 0 Å². The van der Waals surface area contributed by atoms with Gasteiger partial charge in [-0.05, 0) is 38.0 Å². The average Bonchev–Trinajstić information content (AvgIpc) is 2.39. The molecule has 4 heteroatoms. The van der Waals surface area contributed by atoms with Crippen LogP contribution in [0.3, 0.4) is 0 Å². The van der Waals surface area contributed by atoms with Crippen molar-refractivity contribution in [1.29, 1.82) is 0 Å². The Morgan fingerprint density at radius 1 is 1.32 bits per heavy atom. The first kappa shape index (κ1) is 11.7. The minimum atomic E-state index is -0.0864. The average molecular weight is 254 g/mol. The maximum Gasteiger partial charge on any atom is 0.201 e. The highest BCUT2D eigenvalue weighted by molar-refractivity contribution is 5.78. The lowest BCUT2D eigenvalue weighted by atomic mass is 10.2. The number of nitrogens with one attached hydrogen (secondary N) is 1. The quantitative estimate of drug-likeness (QED) is 0.896. The molecule has 2 aromatic heterocycles. The number of aryl methyl sites for hydroxylation is 1. The Balaban J connectivity index is 2.03. The molecule has 2 heterocycles. The molecule has 0 aromatic carbocycles. The molecule has 1 aliphatic rings. The fourth-order valence-corrected chi connectivity index (χ4v) is 2.07. The topological polar surface area (TPSA) is 55.0 Å². The summed E-state index contributed by atoms with van der Waals surface area (Å²) in [7, 11) is 0. The molecule has 1 N–H and O–H groups in total. The fraction of sp³-hybridized carbons (Fsp3) is 0.200. The molecule has 0 amide bonds. The molecule has 0 saturated carbocycles. The van der Waals surface area contributed by atoms with Gasteiger partial charge in [0.15, 0.2) is 5.43 Å². The highest BCUT2D eigenvalue weighted by atomic mass is 16.5. The van der Waals surface area contributed by atoms with Gasteiger partial charge in [-0.15, -0.1) is 0 Å². The summed E-state index contributed by atoms with van der Waals surface area (Å²) in [6.45, 7) is 1.89. The Kier molecular flexibility index (Phi) is 2.91. The number of aromatic amines is 1. The van der Waals surface area contributed by atoms with Crippen molar-refractivity contribution in [3.05, 3.63) is 58.2 Å². The van der Waals surface area contributed by atoms with Crippen molar-refractivity contribution in [1.82, 2.24) is 9.97 Å². The number of rotatable bonds is 2. The number of hydrogen-bond donors (Lipinski definition) is 1. The van der Waals surface area contributed by atoms with Gasteiger partial charge < -0.3 is 9.72 Å². The van der Waals surface area contributed by atoms with Crippen LogP contribution < -0.4 is 10.2 Å². The molecule has 0 radical (unpaired) electrons. The van der Waals surface area contributed by atoms with E-state index < -0.39 is 0 Å². The van der Waals surface area contributed by atoms with E-state index in [4.69, 9.17) is 4.74 Å². The van der Waals surface area contributed by atoms with Crippen LogP contribution in [0.1, 0.15) is 18.5 Å². The minimum absolute atomic E-state index is 0.0864. The molecule has 0 fully saturated rings. The second kappa shape index (κ2) is 4.72. The third-order valence-electron chi connectivity index (χ3n) is 3.01. The van der Waals surface area contributed by atoms with E-state index in [0.717, 1.165) is 29.8 Å². The zero-order valence-corrected chi connectivity index (χ0v) is 10.6. The minimum Gasteiger partial charge on any atom is -0.441 e. The van der Waals surface area contributed by atoms with Gasteiger partial charge in [-0.2, -0.15) is 0 Å². The van der Waals surface area contributed by atoms with E-state index in [9.17, 15) is 4.79 Å². The van der Waals surface area contributed by atoms with Gasteiger partial charge in [0.2, 0.25) is 5.88 Å². The molecule has 3 rings (SSSR count). The first-order chi connectivity index (χ1) is 9.22. The number of ether oxygens (including phenoxy) is 1. The highest BCUT2D eigenvalue weighted by Crippen LogP contribution is 2.17. The van der Waals surface area contributed by atoms with Crippen LogP contribution in [-0.4, -0.2) is 9.97 Å². The number of H-pyrrole nitrogens is 1. The fourth-order valence-electron chi connectivity index (χ4n) is 2.07. The van der Waals surface area contributed by atoms with Crippen molar-refractivity contribution in [3.8, 4) is 5.88 Å². The molecule has 0 saturated heterocycles. The van der Waals surface area contributed by atoms with Crippen LogP contribution in [0.5, 0.6) is 5.88 Å². The summed E-state index contributed by atoms with van der Waals surface area (Å²) in [5, 5.41) is 0.575. The van der Waals surface area contributed by atoms with E-state index in [1.807, 2.05) is 25.1 Å². The number of fused-ring (bicyclic) bond motifs is 1. The summed E-state index contributed by atoms with van der Waals surface area (Å²) in [5.41, 5.74) is 1.52. The second-order valence-corrected chi connectivity index (χ2v) is 4.56. The van der Waals surface area contributed by atoms with Gasteiger partial charge in [-0.3, -0.25) is 9.78 Å². The Morgan fingerprint density at radius 3 is 3.00 bits per heavy atom. The summed E-state index contributed by atoms with van der Waals surface area (Å²) in [6, 6.07) is 3.30. The van der Waals surface area contributed by atoms with Crippen LogP contribution in [0.25, 0.3) is 10.9 Å². The summed E-state index contributed by atoms with van der Waals surface area (Å²) in [4.78, 5) is 19.2. The Bertz CT molecular complexity index is 741. The molecule has 4 nitrogen and oxygen atoms in total. The molecular formula is C15H14N2O2. The summed E-state index contributed by atoms with van der Waals surface area (Å²) in [6.07, 6.45) is 9.58. The van der Waals surface area contributed by atoms with Crippen LogP contribution in [0.2, 0.25) is 0 Å². The van der Waals surface area contributed by atoms with Crippen LogP contribution in [0.15, 0.2) is 47.1 Å². The van der Waals surface area contributed by atoms with Gasteiger partial charge in [-0.1, -0.05) is 6.08 Å². The monoisotopic (exact) mass is 254 g/mol. The van der Waals surface area contributed by atoms with E-state index in [-0.39, 0.29) is 5.43 Å². The van der Waals surface area contributed by atoms with Gasteiger partial charge in [0.25, 0.3) is 0 Å². The summed E-state index contributed by atoms with van der Waals surface area (Å²) in [5.74, 6) is 1.23. The standard InChI is InChI=1S/C15H14N2O2/c1-10-7-13-12(9-16-10)14(18)8-15(17-13)19-11-5-3-2-4-6-11/h3,5-9H,2,4H2,1H3,(H,17,18). The van der Waals surface area contributed by atoms with Crippen molar-refractivity contribution in [3.63, 3.8) is 0 Å². The van der Waals surface area contributed by atoms with Gasteiger partial charge in [0.1, 0.15) is 5.76 Å². The molecule has 0 spiro atoms. The summed E-state index contributed by atoms with van der Waals surface area (Å²) < 4.78 is 5.68. The number of nitrogens with zero attached hydrogens (tertiary/aromatic N) is 1. The molecule has 0 bridgehead atoms. The van der Waals surface area contributed by atoms with E-state index >= 15 is 0 Å². The molecule has 0 aliphatic heterocycles. The molecule has 0 unspecified atom stereocenters. The van der Waals surface area contributed by atoms with Crippen molar-refractivity contribution in [2.45, 2.75) is 19.8 Å². The predicted molar refractivity (Wildman–Crippen MR) is 74.2 cm³/mol. The Labute approximate surface area is 110 Å². The lowest BCUT2D eigenvalue weighted by molar-refractivity contribution is 0.423. The Morgan fingerprint density at radius 2 is 2.21 bits per heavy atom. The number of hydrogen-bond acceptors (Lipinski definition) is 3. The Hall–Kier alpha value is -2.36. The molecule has 1 aliphatic carbocycles. The van der Waals surface area contributed by atoms with Gasteiger partial charge in [-0.25, -0.2) is 0 Å². The first-order valence-electron chi connectivity index (χ1n) is 6.26. The smallest absolute Gasteiger partial charge is 0.201 e. The highest BCUT2D eigenvalue weighted by Gasteiger charge is 2.06. The zero-order chi connectivity index (χ0) is 13.2. The van der Waals surface area contributed by atoms with Crippen LogP contribution in [0, 0.1) is 6.92 Å². The van der Waals surface area contributed by atoms with Crippen molar-refractivity contribution in [2.75, 3.05) is 0 Å². The van der Waals surface area contributed by atoms with E-state index in [0.29, 0.717) is 11.3 Å². The summed E-state index contributed by atoms with van der Waals surface area (Å²) >= 11 is 0. The third kappa shape index (κ3) is 2.42. The SMILES string of the molecule is Cc1cc2[nH]c(OC3=CCCC=C3)cc(=O)c2cn1.